The topological polar surface area (TPSA) is 79.0 Å². The van der Waals surface area contributed by atoms with Gasteiger partial charge in [-0.05, 0) is 30.7 Å². The maximum absolute atomic E-state index is 11.1. The highest BCUT2D eigenvalue weighted by Crippen LogP contribution is 2.31. The summed E-state index contributed by atoms with van der Waals surface area (Å²) in [6.07, 6.45) is 0. The third kappa shape index (κ3) is 2.53. The van der Waals surface area contributed by atoms with Crippen molar-refractivity contribution in [3.8, 4) is 6.07 Å². The van der Waals surface area contributed by atoms with Crippen LogP contribution < -0.4 is 5.32 Å². The van der Waals surface area contributed by atoms with Crippen molar-refractivity contribution in [1.29, 1.82) is 5.26 Å². The summed E-state index contributed by atoms with van der Waals surface area (Å²) in [7, 11) is 0. The molecular weight excluding hydrogens is 242 g/mol. The number of nitro groups is 1. The molecule has 0 spiro atoms. The molecule has 0 saturated heterocycles. The van der Waals surface area contributed by atoms with Gasteiger partial charge >= 0.3 is 5.69 Å². The average molecular weight is 253 g/mol. The number of hydrogen-bond donors (Lipinski definition) is 1. The molecule has 2 rings (SSSR count). The normalized spacial score (nSPS) is 9.68. The maximum Gasteiger partial charge on any atom is 0.310 e. The quantitative estimate of drug-likeness (QED) is 0.670. The van der Waals surface area contributed by atoms with Gasteiger partial charge in [-0.1, -0.05) is 24.3 Å². The van der Waals surface area contributed by atoms with E-state index < -0.39 is 4.92 Å². The molecule has 0 unspecified atom stereocenters. The van der Waals surface area contributed by atoms with Crippen LogP contribution in [0.4, 0.5) is 17.1 Å². The van der Waals surface area contributed by atoms with Crippen LogP contribution in [-0.2, 0) is 0 Å². The highest BCUT2D eigenvalue weighted by Gasteiger charge is 2.19. The zero-order valence-electron chi connectivity index (χ0n) is 10.3. The SMILES string of the molecule is Cc1ccccc1Nc1cccc(C#N)c1[N+](=O)[O-]. The van der Waals surface area contributed by atoms with Crippen LogP contribution in [0.5, 0.6) is 0 Å². The molecule has 0 heterocycles. The van der Waals surface area contributed by atoms with E-state index in [0.29, 0.717) is 5.69 Å². The number of aryl methyl sites for hydroxylation is 1. The van der Waals surface area contributed by atoms with Gasteiger partial charge < -0.3 is 5.32 Å². The second kappa shape index (κ2) is 5.19. The van der Waals surface area contributed by atoms with Gasteiger partial charge in [0.15, 0.2) is 0 Å². The Kier molecular flexibility index (Phi) is 3.44. The van der Waals surface area contributed by atoms with Crippen molar-refractivity contribution < 1.29 is 4.92 Å². The number of hydrogen-bond acceptors (Lipinski definition) is 4. The lowest BCUT2D eigenvalue weighted by Gasteiger charge is -2.10. The number of benzene rings is 2. The molecule has 0 aromatic heterocycles. The monoisotopic (exact) mass is 253 g/mol. The number of para-hydroxylation sites is 2. The van der Waals surface area contributed by atoms with E-state index in [2.05, 4.69) is 5.32 Å². The van der Waals surface area contributed by atoms with Crippen molar-refractivity contribution >= 4 is 17.1 Å². The molecule has 5 heteroatoms. The molecule has 19 heavy (non-hydrogen) atoms. The fourth-order valence-corrected chi connectivity index (χ4v) is 1.79. The molecule has 0 radical (unpaired) electrons. The van der Waals surface area contributed by atoms with Crippen molar-refractivity contribution in [2.45, 2.75) is 6.92 Å². The Hall–Kier alpha value is -2.87. The molecule has 0 aliphatic carbocycles. The minimum Gasteiger partial charge on any atom is -0.350 e. The molecular formula is C14H11N3O2. The third-order valence-electron chi connectivity index (χ3n) is 2.75. The summed E-state index contributed by atoms with van der Waals surface area (Å²) in [5.41, 5.74) is 1.91. The summed E-state index contributed by atoms with van der Waals surface area (Å²) < 4.78 is 0. The largest absolute Gasteiger partial charge is 0.350 e. The van der Waals surface area contributed by atoms with E-state index in [4.69, 9.17) is 5.26 Å². The van der Waals surface area contributed by atoms with Crippen LogP contribution in [0.2, 0.25) is 0 Å². The Morgan fingerprint density at radius 1 is 1.16 bits per heavy atom. The van der Waals surface area contributed by atoms with Gasteiger partial charge in [0.05, 0.1) is 4.92 Å². The van der Waals surface area contributed by atoms with Crippen LogP contribution in [0.15, 0.2) is 42.5 Å². The molecule has 5 nitrogen and oxygen atoms in total. The van der Waals surface area contributed by atoms with Crippen molar-refractivity contribution in [3.05, 3.63) is 63.7 Å². The fourth-order valence-electron chi connectivity index (χ4n) is 1.79. The smallest absolute Gasteiger partial charge is 0.310 e. The van der Waals surface area contributed by atoms with Gasteiger partial charge in [-0.25, -0.2) is 0 Å². The Morgan fingerprint density at radius 2 is 1.84 bits per heavy atom. The van der Waals surface area contributed by atoms with E-state index >= 15 is 0 Å². The lowest BCUT2D eigenvalue weighted by Crippen LogP contribution is -2.00. The molecule has 94 valence electrons. The molecule has 1 N–H and O–H groups in total. The average Bonchev–Trinajstić information content (AvgIpc) is 2.40. The highest BCUT2D eigenvalue weighted by molar-refractivity contribution is 5.74. The Morgan fingerprint density at radius 3 is 2.47 bits per heavy atom. The fraction of sp³-hybridized carbons (Fsp3) is 0.0714. The first-order valence-electron chi connectivity index (χ1n) is 5.63. The zero-order chi connectivity index (χ0) is 13.8. The van der Waals surface area contributed by atoms with Crippen LogP contribution in [0.25, 0.3) is 0 Å². The van der Waals surface area contributed by atoms with Crippen LogP contribution >= 0.6 is 0 Å². The summed E-state index contributed by atoms with van der Waals surface area (Å²) >= 11 is 0. The van der Waals surface area contributed by atoms with E-state index in [9.17, 15) is 10.1 Å². The molecule has 0 atom stereocenters. The van der Waals surface area contributed by atoms with Gasteiger partial charge in [-0.15, -0.1) is 0 Å². The number of nitro benzene ring substituents is 1. The summed E-state index contributed by atoms with van der Waals surface area (Å²) in [5, 5.41) is 23.0. The minimum atomic E-state index is -0.542. The van der Waals surface area contributed by atoms with Crippen molar-refractivity contribution in [3.63, 3.8) is 0 Å². The lowest BCUT2D eigenvalue weighted by atomic mass is 10.1. The number of nitrogens with one attached hydrogen (secondary N) is 1. The molecule has 0 fully saturated rings. The lowest BCUT2D eigenvalue weighted by molar-refractivity contribution is -0.384. The molecule has 0 saturated carbocycles. The third-order valence-corrected chi connectivity index (χ3v) is 2.75. The van der Waals surface area contributed by atoms with Gasteiger partial charge in [-0.3, -0.25) is 10.1 Å². The minimum absolute atomic E-state index is 0.0450. The molecule has 0 bridgehead atoms. The number of nitrogens with zero attached hydrogens (tertiary/aromatic N) is 2. The van der Waals surface area contributed by atoms with Gasteiger partial charge in [0.25, 0.3) is 0 Å². The first-order valence-corrected chi connectivity index (χ1v) is 5.63. The van der Waals surface area contributed by atoms with E-state index in [1.807, 2.05) is 37.3 Å². The van der Waals surface area contributed by atoms with Gasteiger partial charge in [0.1, 0.15) is 17.3 Å². The molecule has 0 aliphatic rings. The zero-order valence-corrected chi connectivity index (χ0v) is 10.3. The highest BCUT2D eigenvalue weighted by atomic mass is 16.6. The van der Waals surface area contributed by atoms with E-state index in [-0.39, 0.29) is 11.3 Å². The Bertz CT molecular complexity index is 675. The summed E-state index contributed by atoms with van der Waals surface area (Å²) in [5.74, 6) is 0. The van der Waals surface area contributed by atoms with Crippen molar-refractivity contribution in [2.24, 2.45) is 0 Å². The van der Waals surface area contributed by atoms with Crippen LogP contribution in [-0.4, -0.2) is 4.92 Å². The molecule has 0 aliphatic heterocycles. The standard InChI is InChI=1S/C14H11N3O2/c1-10-5-2-3-7-12(10)16-13-8-4-6-11(9-15)14(13)17(18)19/h2-8,16H,1H3. The summed E-state index contributed by atoms with van der Waals surface area (Å²) in [4.78, 5) is 10.5. The molecule has 2 aromatic carbocycles. The van der Waals surface area contributed by atoms with Gasteiger partial charge in [0.2, 0.25) is 0 Å². The number of rotatable bonds is 3. The van der Waals surface area contributed by atoms with E-state index in [0.717, 1.165) is 11.3 Å². The predicted octanol–water partition coefficient (Wildman–Crippen LogP) is 3.52. The second-order valence-corrected chi connectivity index (χ2v) is 4.01. The maximum atomic E-state index is 11.1. The van der Waals surface area contributed by atoms with Gasteiger partial charge in [0, 0.05) is 5.69 Å². The van der Waals surface area contributed by atoms with Crippen LogP contribution in [0.3, 0.4) is 0 Å². The van der Waals surface area contributed by atoms with Crippen molar-refractivity contribution in [2.75, 3.05) is 5.32 Å². The number of anilines is 2. The van der Waals surface area contributed by atoms with Crippen molar-refractivity contribution in [1.82, 2.24) is 0 Å². The van der Waals surface area contributed by atoms with Gasteiger partial charge in [-0.2, -0.15) is 5.26 Å². The van der Waals surface area contributed by atoms with E-state index in [1.165, 1.54) is 6.07 Å². The van der Waals surface area contributed by atoms with Crippen LogP contribution in [0, 0.1) is 28.4 Å². The Balaban J connectivity index is 2.50. The summed E-state index contributed by atoms with van der Waals surface area (Å²) in [6.45, 7) is 1.91. The number of nitriles is 1. The van der Waals surface area contributed by atoms with E-state index in [1.54, 1.807) is 12.1 Å². The first-order chi connectivity index (χ1) is 9.13. The summed E-state index contributed by atoms with van der Waals surface area (Å²) in [6, 6.07) is 13.9. The Labute approximate surface area is 110 Å². The molecule has 0 amide bonds. The molecule has 2 aromatic rings. The predicted molar refractivity (Wildman–Crippen MR) is 72.3 cm³/mol. The first kappa shape index (κ1) is 12.6. The van der Waals surface area contributed by atoms with Crippen LogP contribution in [0.1, 0.15) is 11.1 Å². The second-order valence-electron chi connectivity index (χ2n) is 4.01.